The molecule has 0 amide bonds. The Balaban J connectivity index is 1.12. The van der Waals surface area contributed by atoms with Crippen LogP contribution < -0.4 is 4.90 Å². The molecule has 0 aliphatic rings. The Kier molecular flexibility index (Phi) is 6.55. The molecule has 248 valence electrons. The number of aromatic amines is 1. The Morgan fingerprint density at radius 3 is 1.64 bits per heavy atom. The Hall–Kier alpha value is -7.10. The third-order valence-electron chi connectivity index (χ3n) is 10.8. The van der Waals surface area contributed by atoms with E-state index < -0.39 is 0 Å². The quantitative estimate of drug-likeness (QED) is 0.197. The molecule has 1 N–H and O–H groups in total. The van der Waals surface area contributed by atoms with E-state index in [0.717, 1.165) is 55.6 Å². The molecule has 11 rings (SSSR count). The lowest BCUT2D eigenvalue weighted by Gasteiger charge is -2.26. The van der Waals surface area contributed by atoms with Crippen LogP contribution in [-0.4, -0.2) is 4.98 Å². The third-order valence-corrected chi connectivity index (χ3v) is 10.8. The molecule has 0 spiro atoms. The first kappa shape index (κ1) is 29.6. The van der Waals surface area contributed by atoms with Crippen molar-refractivity contribution in [2.45, 2.75) is 0 Å². The molecular weight excluding hydrogens is 645 g/mol. The number of rotatable bonds is 5. The molecule has 0 atom stereocenters. The third kappa shape index (κ3) is 4.68. The molecule has 0 saturated heterocycles. The van der Waals surface area contributed by atoms with E-state index in [2.05, 4.69) is 198 Å². The van der Waals surface area contributed by atoms with Crippen molar-refractivity contribution in [1.82, 2.24) is 4.98 Å². The SMILES string of the molecule is c1ccc(-c2ccc(-c3ccc(N(c4cccc5c4[nH]c4ccc6ccccc6c45)c4cccc5c4oc4ccc6ccccc6c45)cc3)cc2)cc1. The van der Waals surface area contributed by atoms with Crippen molar-refractivity contribution in [2.24, 2.45) is 0 Å². The topological polar surface area (TPSA) is 32.2 Å². The zero-order chi connectivity index (χ0) is 34.9. The van der Waals surface area contributed by atoms with Crippen LogP contribution in [0.2, 0.25) is 0 Å². The minimum atomic E-state index is 0.859. The van der Waals surface area contributed by atoms with Crippen LogP contribution in [0, 0.1) is 0 Å². The maximum atomic E-state index is 6.83. The van der Waals surface area contributed by atoms with Gasteiger partial charge < -0.3 is 14.3 Å². The molecule has 9 aromatic carbocycles. The predicted molar refractivity (Wildman–Crippen MR) is 224 cm³/mol. The first-order chi connectivity index (χ1) is 26.3. The standard InChI is InChI=1S/C50H32N2O/c1-2-10-32(11-3-1)33-20-22-34(23-21-33)35-24-28-38(29-25-35)52(44-18-8-16-41-47-39-14-6-4-12-36(39)26-30-43(47)51-49(41)44)45-19-9-17-42-48-40-15-7-5-13-37(40)27-31-46(48)53-50(42)45/h1-31,51H. The zero-order valence-corrected chi connectivity index (χ0v) is 28.8. The van der Waals surface area contributed by atoms with Crippen LogP contribution >= 0.6 is 0 Å². The van der Waals surface area contributed by atoms with Crippen molar-refractivity contribution in [1.29, 1.82) is 0 Å². The van der Waals surface area contributed by atoms with Crippen molar-refractivity contribution in [3.05, 3.63) is 188 Å². The van der Waals surface area contributed by atoms with Crippen LogP contribution in [0.25, 0.3) is 87.5 Å². The van der Waals surface area contributed by atoms with Gasteiger partial charge in [0.1, 0.15) is 5.58 Å². The Morgan fingerprint density at radius 1 is 0.377 bits per heavy atom. The Bertz CT molecular complexity index is 3000. The smallest absolute Gasteiger partial charge is 0.159 e. The maximum absolute atomic E-state index is 6.83. The number of nitrogens with one attached hydrogen (secondary N) is 1. The van der Waals surface area contributed by atoms with Crippen molar-refractivity contribution in [3.8, 4) is 22.3 Å². The van der Waals surface area contributed by atoms with Crippen LogP contribution in [0.5, 0.6) is 0 Å². The van der Waals surface area contributed by atoms with Crippen LogP contribution in [0.1, 0.15) is 0 Å². The number of para-hydroxylation sites is 2. The van der Waals surface area contributed by atoms with E-state index in [4.69, 9.17) is 4.42 Å². The average Bonchev–Trinajstić information content (AvgIpc) is 3.82. The van der Waals surface area contributed by atoms with E-state index in [1.54, 1.807) is 0 Å². The highest BCUT2D eigenvalue weighted by Gasteiger charge is 2.23. The summed E-state index contributed by atoms with van der Waals surface area (Å²) in [6.07, 6.45) is 0. The second-order valence-corrected chi connectivity index (χ2v) is 13.8. The fourth-order valence-corrected chi connectivity index (χ4v) is 8.29. The van der Waals surface area contributed by atoms with Crippen molar-refractivity contribution < 1.29 is 4.42 Å². The summed E-state index contributed by atoms with van der Waals surface area (Å²) in [5.74, 6) is 0. The summed E-state index contributed by atoms with van der Waals surface area (Å²) in [7, 11) is 0. The summed E-state index contributed by atoms with van der Waals surface area (Å²) in [5, 5.41) is 9.55. The van der Waals surface area contributed by atoms with Gasteiger partial charge in [-0.25, -0.2) is 0 Å². The molecule has 2 heterocycles. The lowest BCUT2D eigenvalue weighted by Crippen LogP contribution is -2.10. The second-order valence-electron chi connectivity index (χ2n) is 13.8. The van der Waals surface area contributed by atoms with E-state index in [9.17, 15) is 0 Å². The van der Waals surface area contributed by atoms with E-state index in [-0.39, 0.29) is 0 Å². The summed E-state index contributed by atoms with van der Waals surface area (Å²) in [6, 6.07) is 67.3. The number of nitrogens with zero attached hydrogens (tertiary/aromatic N) is 1. The van der Waals surface area contributed by atoms with Gasteiger partial charge in [0, 0.05) is 32.7 Å². The summed E-state index contributed by atoms with van der Waals surface area (Å²) >= 11 is 0. The number of fused-ring (bicyclic) bond motifs is 10. The molecule has 53 heavy (non-hydrogen) atoms. The lowest BCUT2D eigenvalue weighted by molar-refractivity contribution is 0.669. The van der Waals surface area contributed by atoms with Gasteiger partial charge in [-0.05, 0) is 80.2 Å². The average molecular weight is 677 g/mol. The monoisotopic (exact) mass is 676 g/mol. The Labute approximate surface area is 306 Å². The van der Waals surface area contributed by atoms with Gasteiger partial charge in [0.05, 0.1) is 16.9 Å². The number of hydrogen-bond donors (Lipinski definition) is 1. The molecule has 0 radical (unpaired) electrons. The van der Waals surface area contributed by atoms with Gasteiger partial charge >= 0.3 is 0 Å². The number of H-pyrrole nitrogens is 1. The summed E-state index contributed by atoms with van der Waals surface area (Å²) in [5.41, 5.74) is 11.8. The molecule has 0 aliphatic carbocycles. The maximum Gasteiger partial charge on any atom is 0.159 e. The summed E-state index contributed by atoms with van der Waals surface area (Å²) < 4.78 is 6.83. The molecule has 11 aromatic rings. The first-order valence-corrected chi connectivity index (χ1v) is 18.1. The number of anilines is 3. The van der Waals surface area contributed by atoms with Gasteiger partial charge in [-0.3, -0.25) is 0 Å². The number of benzene rings is 9. The van der Waals surface area contributed by atoms with Gasteiger partial charge in [0.15, 0.2) is 5.58 Å². The largest absolute Gasteiger partial charge is 0.454 e. The lowest BCUT2D eigenvalue weighted by atomic mass is 10.00. The molecule has 0 saturated carbocycles. The predicted octanol–water partition coefficient (Wildman–Crippen LogP) is 14.3. The minimum Gasteiger partial charge on any atom is -0.454 e. The molecule has 3 nitrogen and oxygen atoms in total. The van der Waals surface area contributed by atoms with E-state index >= 15 is 0 Å². The molecule has 3 heteroatoms. The fraction of sp³-hybridized carbons (Fsp3) is 0. The summed E-state index contributed by atoms with van der Waals surface area (Å²) in [4.78, 5) is 6.20. The highest BCUT2D eigenvalue weighted by atomic mass is 16.3. The van der Waals surface area contributed by atoms with E-state index in [1.807, 2.05) is 0 Å². The second kappa shape index (κ2) is 11.7. The van der Waals surface area contributed by atoms with Crippen molar-refractivity contribution in [2.75, 3.05) is 4.90 Å². The normalized spacial score (nSPS) is 11.8. The number of furan rings is 1. The molecular formula is C50H32N2O. The molecule has 0 unspecified atom stereocenters. The number of hydrogen-bond acceptors (Lipinski definition) is 2. The van der Waals surface area contributed by atoms with Crippen LogP contribution in [0.4, 0.5) is 17.1 Å². The van der Waals surface area contributed by atoms with Crippen LogP contribution in [0.3, 0.4) is 0 Å². The Morgan fingerprint density at radius 2 is 0.925 bits per heavy atom. The molecule has 0 aliphatic heterocycles. The highest BCUT2D eigenvalue weighted by Crippen LogP contribution is 2.47. The molecule has 0 bridgehead atoms. The van der Waals surface area contributed by atoms with E-state index in [0.29, 0.717) is 0 Å². The molecule has 0 fully saturated rings. The van der Waals surface area contributed by atoms with Crippen molar-refractivity contribution >= 4 is 82.4 Å². The summed E-state index contributed by atoms with van der Waals surface area (Å²) in [6.45, 7) is 0. The minimum absolute atomic E-state index is 0.859. The zero-order valence-electron chi connectivity index (χ0n) is 28.8. The van der Waals surface area contributed by atoms with Gasteiger partial charge in [0.25, 0.3) is 0 Å². The van der Waals surface area contributed by atoms with Gasteiger partial charge in [-0.15, -0.1) is 0 Å². The van der Waals surface area contributed by atoms with Gasteiger partial charge in [0.2, 0.25) is 0 Å². The van der Waals surface area contributed by atoms with Gasteiger partial charge in [-0.2, -0.15) is 0 Å². The van der Waals surface area contributed by atoms with Crippen molar-refractivity contribution in [3.63, 3.8) is 0 Å². The van der Waals surface area contributed by atoms with Crippen LogP contribution in [0.15, 0.2) is 192 Å². The highest BCUT2D eigenvalue weighted by molar-refractivity contribution is 6.24. The van der Waals surface area contributed by atoms with Crippen LogP contribution in [-0.2, 0) is 0 Å². The molecule has 2 aromatic heterocycles. The van der Waals surface area contributed by atoms with E-state index in [1.165, 1.54) is 49.0 Å². The fourth-order valence-electron chi connectivity index (χ4n) is 8.29. The first-order valence-electron chi connectivity index (χ1n) is 18.1. The van der Waals surface area contributed by atoms with Gasteiger partial charge in [-0.1, -0.05) is 152 Å². The number of aromatic nitrogens is 1.